The van der Waals surface area contributed by atoms with Crippen LogP contribution in [0.2, 0.25) is 0 Å². The van der Waals surface area contributed by atoms with E-state index in [0.717, 1.165) is 24.5 Å². The molecule has 1 aliphatic rings. The van der Waals surface area contributed by atoms with Crippen molar-refractivity contribution < 1.29 is 9.53 Å². The number of nitrogens with one attached hydrogen (secondary N) is 1. The quantitative estimate of drug-likeness (QED) is 0.841. The maximum Gasteiger partial charge on any atom is 0.266 e. The highest BCUT2D eigenvalue weighted by molar-refractivity contribution is 7.13. The van der Waals surface area contributed by atoms with Crippen LogP contribution in [0.25, 0.3) is 0 Å². The van der Waals surface area contributed by atoms with E-state index < -0.39 is 0 Å². The Kier molecular flexibility index (Phi) is 6.40. The summed E-state index contributed by atoms with van der Waals surface area (Å²) in [4.78, 5) is 20.2. The van der Waals surface area contributed by atoms with Gasteiger partial charge in [0.15, 0.2) is 0 Å². The monoisotopic (exact) mass is 373 g/mol. The number of amides is 1. The van der Waals surface area contributed by atoms with Crippen molar-refractivity contribution >= 4 is 17.2 Å². The number of ether oxygens (including phenoxy) is 1. The molecule has 2 atom stereocenters. The Morgan fingerprint density at radius 1 is 1.38 bits per heavy atom. The molecule has 0 bridgehead atoms. The standard InChI is InChI=1S/C20H27N3O2S/c1-4-15-6-8-16(9-7-15)17-12-21-10-11-23(17)20(24)18-13-22-19(26-18)14(3)25-5-2/h6-9,13-14,17,21H,4-5,10-12H2,1-3H3. The molecule has 2 unspecified atom stereocenters. The van der Waals surface area contributed by atoms with Crippen LogP contribution in [0.1, 0.15) is 58.7 Å². The first-order chi connectivity index (χ1) is 12.6. The number of piperazine rings is 1. The average molecular weight is 374 g/mol. The Bertz CT molecular complexity index is 729. The smallest absolute Gasteiger partial charge is 0.266 e. The zero-order chi connectivity index (χ0) is 18.5. The van der Waals surface area contributed by atoms with E-state index in [9.17, 15) is 4.79 Å². The predicted octanol–water partition coefficient (Wildman–Crippen LogP) is 3.59. The Morgan fingerprint density at radius 3 is 2.85 bits per heavy atom. The molecule has 0 radical (unpaired) electrons. The minimum Gasteiger partial charge on any atom is -0.372 e. The lowest BCUT2D eigenvalue weighted by molar-refractivity contribution is 0.0639. The molecule has 6 heteroatoms. The Balaban J connectivity index is 1.79. The summed E-state index contributed by atoms with van der Waals surface area (Å²) in [7, 11) is 0. The molecule has 2 aromatic rings. The average Bonchev–Trinajstić information content (AvgIpc) is 3.18. The van der Waals surface area contributed by atoms with E-state index in [4.69, 9.17) is 4.74 Å². The third-order valence-electron chi connectivity index (χ3n) is 4.78. The molecule has 2 heterocycles. The largest absolute Gasteiger partial charge is 0.372 e. The van der Waals surface area contributed by atoms with Gasteiger partial charge < -0.3 is 15.0 Å². The zero-order valence-corrected chi connectivity index (χ0v) is 16.5. The van der Waals surface area contributed by atoms with Gasteiger partial charge in [-0.1, -0.05) is 31.2 Å². The molecule has 140 valence electrons. The molecule has 1 saturated heterocycles. The SMILES string of the molecule is CCOC(C)c1ncc(C(=O)N2CCNCC2c2ccc(CC)cc2)s1. The normalized spacial score (nSPS) is 18.7. The molecular formula is C20H27N3O2S. The highest BCUT2D eigenvalue weighted by Gasteiger charge is 2.30. The van der Waals surface area contributed by atoms with Gasteiger partial charge >= 0.3 is 0 Å². The van der Waals surface area contributed by atoms with Crippen molar-refractivity contribution in [3.63, 3.8) is 0 Å². The van der Waals surface area contributed by atoms with Crippen LogP contribution in [0, 0.1) is 0 Å². The second-order valence-corrected chi connectivity index (χ2v) is 7.54. The van der Waals surface area contributed by atoms with Gasteiger partial charge in [0, 0.05) is 26.2 Å². The number of aryl methyl sites for hydroxylation is 1. The van der Waals surface area contributed by atoms with E-state index in [-0.39, 0.29) is 18.1 Å². The molecule has 0 spiro atoms. The van der Waals surface area contributed by atoms with Gasteiger partial charge in [-0.3, -0.25) is 4.79 Å². The molecule has 0 aliphatic carbocycles. The molecule has 3 rings (SSSR count). The fraction of sp³-hybridized carbons (Fsp3) is 0.500. The molecule has 1 fully saturated rings. The van der Waals surface area contributed by atoms with Crippen molar-refractivity contribution in [2.24, 2.45) is 0 Å². The second-order valence-electron chi connectivity index (χ2n) is 6.47. The van der Waals surface area contributed by atoms with E-state index in [0.29, 0.717) is 18.0 Å². The molecule has 1 aliphatic heterocycles. The summed E-state index contributed by atoms with van der Waals surface area (Å²) in [6.07, 6.45) is 2.64. The molecule has 1 aromatic carbocycles. The summed E-state index contributed by atoms with van der Waals surface area (Å²) < 4.78 is 5.59. The fourth-order valence-corrected chi connectivity index (χ4v) is 4.13. The van der Waals surface area contributed by atoms with Crippen molar-refractivity contribution in [2.45, 2.75) is 39.3 Å². The van der Waals surface area contributed by atoms with Gasteiger partial charge in [0.1, 0.15) is 16.0 Å². The zero-order valence-electron chi connectivity index (χ0n) is 15.7. The Morgan fingerprint density at radius 2 is 2.15 bits per heavy atom. The van der Waals surface area contributed by atoms with Gasteiger partial charge in [-0.05, 0) is 31.4 Å². The number of rotatable bonds is 6. The molecule has 5 nitrogen and oxygen atoms in total. The van der Waals surface area contributed by atoms with E-state index in [1.165, 1.54) is 22.5 Å². The Hall–Kier alpha value is -1.76. The van der Waals surface area contributed by atoms with Crippen LogP contribution < -0.4 is 5.32 Å². The number of hydrogen-bond acceptors (Lipinski definition) is 5. The number of carbonyl (C=O) groups is 1. The molecule has 1 N–H and O–H groups in total. The van der Waals surface area contributed by atoms with Crippen molar-refractivity contribution in [1.82, 2.24) is 15.2 Å². The lowest BCUT2D eigenvalue weighted by atomic mass is 10.0. The van der Waals surface area contributed by atoms with E-state index >= 15 is 0 Å². The van der Waals surface area contributed by atoms with E-state index in [1.807, 2.05) is 18.7 Å². The van der Waals surface area contributed by atoms with Gasteiger partial charge in [-0.2, -0.15) is 0 Å². The van der Waals surface area contributed by atoms with Gasteiger partial charge in [-0.25, -0.2) is 4.98 Å². The van der Waals surface area contributed by atoms with Crippen LogP contribution in [-0.4, -0.2) is 42.0 Å². The Labute approximate surface area is 159 Å². The minimum atomic E-state index is -0.0769. The predicted molar refractivity (Wildman–Crippen MR) is 105 cm³/mol. The summed E-state index contributed by atoms with van der Waals surface area (Å²) in [5.74, 6) is 0.0588. The molecule has 1 aromatic heterocycles. The summed E-state index contributed by atoms with van der Waals surface area (Å²) in [6.45, 7) is 9.02. The number of benzene rings is 1. The van der Waals surface area contributed by atoms with Crippen LogP contribution in [0.15, 0.2) is 30.5 Å². The van der Waals surface area contributed by atoms with Crippen molar-refractivity contribution in [3.05, 3.63) is 51.5 Å². The number of carbonyl (C=O) groups excluding carboxylic acids is 1. The first-order valence-corrected chi connectivity index (χ1v) is 10.1. The summed E-state index contributed by atoms with van der Waals surface area (Å²) in [5.41, 5.74) is 2.49. The minimum absolute atomic E-state index is 0.0528. The fourth-order valence-electron chi connectivity index (χ4n) is 3.26. The highest BCUT2D eigenvalue weighted by Crippen LogP contribution is 2.28. The van der Waals surface area contributed by atoms with Crippen LogP contribution in [0.4, 0.5) is 0 Å². The summed E-state index contributed by atoms with van der Waals surface area (Å²) in [6, 6.07) is 8.65. The summed E-state index contributed by atoms with van der Waals surface area (Å²) >= 11 is 1.44. The molecule has 1 amide bonds. The first-order valence-electron chi connectivity index (χ1n) is 9.31. The van der Waals surface area contributed by atoms with Gasteiger partial charge in [0.2, 0.25) is 0 Å². The second kappa shape index (κ2) is 8.75. The summed E-state index contributed by atoms with van der Waals surface area (Å²) in [5, 5.41) is 4.27. The van der Waals surface area contributed by atoms with Crippen LogP contribution >= 0.6 is 11.3 Å². The van der Waals surface area contributed by atoms with Crippen LogP contribution in [0.3, 0.4) is 0 Å². The third kappa shape index (κ3) is 4.14. The molecular weight excluding hydrogens is 346 g/mol. The van der Waals surface area contributed by atoms with Crippen LogP contribution in [0.5, 0.6) is 0 Å². The van der Waals surface area contributed by atoms with Crippen molar-refractivity contribution in [3.8, 4) is 0 Å². The highest BCUT2D eigenvalue weighted by atomic mass is 32.1. The lowest BCUT2D eigenvalue weighted by Crippen LogP contribution is -2.48. The van der Waals surface area contributed by atoms with E-state index in [1.54, 1.807) is 6.20 Å². The van der Waals surface area contributed by atoms with Gasteiger partial charge in [0.25, 0.3) is 5.91 Å². The maximum atomic E-state index is 13.1. The first kappa shape index (κ1) is 19.0. The van der Waals surface area contributed by atoms with Crippen LogP contribution in [-0.2, 0) is 11.2 Å². The van der Waals surface area contributed by atoms with Crippen molar-refractivity contribution in [1.29, 1.82) is 0 Å². The van der Waals surface area contributed by atoms with Gasteiger partial charge in [-0.15, -0.1) is 11.3 Å². The van der Waals surface area contributed by atoms with Crippen molar-refractivity contribution in [2.75, 3.05) is 26.2 Å². The van der Waals surface area contributed by atoms with E-state index in [2.05, 4.69) is 41.5 Å². The topological polar surface area (TPSA) is 54.5 Å². The lowest BCUT2D eigenvalue weighted by Gasteiger charge is -2.36. The number of hydrogen-bond donors (Lipinski definition) is 1. The third-order valence-corrected chi connectivity index (χ3v) is 5.92. The number of thiazole rings is 1. The maximum absolute atomic E-state index is 13.1. The number of aromatic nitrogens is 1. The number of nitrogens with zero attached hydrogens (tertiary/aromatic N) is 2. The van der Waals surface area contributed by atoms with Gasteiger partial charge in [0.05, 0.1) is 12.2 Å². The molecule has 26 heavy (non-hydrogen) atoms. The molecule has 0 saturated carbocycles.